The fourth-order valence-corrected chi connectivity index (χ4v) is 1.19. The molecule has 0 aliphatic carbocycles. The number of nitrogens with zero attached hydrogens (tertiary/aromatic N) is 1. The average Bonchev–Trinajstić information content (AvgIpc) is 2.47. The maximum absolute atomic E-state index is 10.7. The molecule has 0 bridgehead atoms. The highest BCUT2D eigenvalue weighted by Gasteiger charge is 2.11. The summed E-state index contributed by atoms with van der Waals surface area (Å²) in [6.07, 6.45) is 1.99. The van der Waals surface area contributed by atoms with Gasteiger partial charge in [-0.15, -0.1) is 0 Å². The number of nitrogens with two attached hydrogens (primary N) is 1. The molecule has 0 amide bonds. The first-order chi connectivity index (χ1) is 5.77. The van der Waals surface area contributed by atoms with Crippen molar-refractivity contribution in [1.29, 1.82) is 0 Å². The van der Waals surface area contributed by atoms with Crippen molar-refractivity contribution >= 4 is 0 Å². The molecule has 5 nitrogen and oxygen atoms in total. The van der Waals surface area contributed by atoms with Crippen molar-refractivity contribution in [2.45, 2.75) is 25.7 Å². The third kappa shape index (κ3) is 1.94. The van der Waals surface area contributed by atoms with Crippen molar-refractivity contribution < 1.29 is 0 Å². The first kappa shape index (κ1) is 8.99. The molecule has 0 saturated heterocycles. The molecule has 5 heteroatoms. The number of aromatic nitrogens is 3. The highest BCUT2D eigenvalue weighted by Crippen LogP contribution is 2.13. The Kier molecular flexibility index (Phi) is 3.04. The van der Waals surface area contributed by atoms with Crippen LogP contribution in [0.25, 0.3) is 0 Å². The largest absolute Gasteiger partial charge is 0.340 e. The second-order valence-electron chi connectivity index (χ2n) is 2.78. The first-order valence-electron chi connectivity index (χ1n) is 4.12. The predicted octanol–water partition coefficient (Wildman–Crippen LogP) is -0.0596. The summed E-state index contributed by atoms with van der Waals surface area (Å²) in [6.45, 7) is 2.60. The number of hydrogen-bond acceptors (Lipinski definition) is 3. The molecule has 1 aromatic heterocycles. The summed E-state index contributed by atoms with van der Waals surface area (Å²) in [5, 5.41) is 6.16. The third-order valence-electron chi connectivity index (χ3n) is 1.83. The molecule has 1 rings (SSSR count). The fourth-order valence-electron chi connectivity index (χ4n) is 1.19. The lowest BCUT2D eigenvalue weighted by atomic mass is 10.0. The maximum Gasteiger partial charge on any atom is 0.340 e. The summed E-state index contributed by atoms with van der Waals surface area (Å²) in [5.74, 6) is 0.846. The quantitative estimate of drug-likeness (QED) is 0.591. The maximum atomic E-state index is 10.7. The third-order valence-corrected chi connectivity index (χ3v) is 1.83. The Morgan fingerprint density at radius 3 is 2.83 bits per heavy atom. The molecule has 0 aliphatic rings. The fraction of sp³-hybridized carbons (Fsp3) is 0.714. The Morgan fingerprint density at radius 2 is 2.42 bits per heavy atom. The zero-order valence-corrected chi connectivity index (χ0v) is 7.13. The van der Waals surface area contributed by atoms with E-state index < -0.39 is 0 Å². The lowest BCUT2D eigenvalue weighted by Gasteiger charge is -2.08. The molecule has 0 aliphatic heterocycles. The molecule has 0 aromatic carbocycles. The molecule has 1 heterocycles. The minimum atomic E-state index is -0.264. The normalized spacial score (nSPS) is 13.2. The molecule has 1 atom stereocenters. The average molecular weight is 170 g/mol. The topological polar surface area (TPSA) is 87.6 Å². The highest BCUT2D eigenvalue weighted by molar-refractivity contribution is 4.93. The van der Waals surface area contributed by atoms with Gasteiger partial charge in [-0.25, -0.2) is 9.89 Å². The second kappa shape index (κ2) is 4.06. The van der Waals surface area contributed by atoms with Crippen LogP contribution >= 0.6 is 0 Å². The van der Waals surface area contributed by atoms with Gasteiger partial charge in [-0.3, -0.25) is 4.98 Å². The Bertz CT molecular complexity index is 277. The van der Waals surface area contributed by atoms with Crippen molar-refractivity contribution in [3.8, 4) is 0 Å². The number of rotatable bonds is 4. The Labute approximate surface area is 70.4 Å². The van der Waals surface area contributed by atoms with Crippen LogP contribution in [-0.4, -0.2) is 21.7 Å². The summed E-state index contributed by atoms with van der Waals surface area (Å²) in [6, 6.07) is 0. The van der Waals surface area contributed by atoms with Gasteiger partial charge in [-0.05, 0) is 6.42 Å². The van der Waals surface area contributed by atoms with Gasteiger partial charge in [0.25, 0.3) is 0 Å². The number of nitrogens with one attached hydrogen (secondary N) is 2. The minimum Gasteiger partial charge on any atom is -0.330 e. The van der Waals surface area contributed by atoms with Gasteiger partial charge in [0.2, 0.25) is 0 Å². The van der Waals surface area contributed by atoms with Crippen molar-refractivity contribution in [2.24, 2.45) is 5.73 Å². The van der Waals surface area contributed by atoms with E-state index in [2.05, 4.69) is 22.1 Å². The van der Waals surface area contributed by atoms with E-state index in [4.69, 9.17) is 5.73 Å². The Balaban J connectivity index is 2.72. The van der Waals surface area contributed by atoms with Gasteiger partial charge in [0.15, 0.2) is 0 Å². The standard InChI is InChI=1S/C7H14N4O/c1-2-3-5(4-8)6-9-7(12)11-10-6/h5H,2-4,8H2,1H3,(H2,9,10,11,12). The van der Waals surface area contributed by atoms with Crippen LogP contribution in [0, 0.1) is 0 Å². The van der Waals surface area contributed by atoms with E-state index in [1.54, 1.807) is 0 Å². The van der Waals surface area contributed by atoms with Crippen molar-refractivity contribution in [2.75, 3.05) is 6.54 Å². The van der Waals surface area contributed by atoms with Crippen LogP contribution in [0.2, 0.25) is 0 Å². The van der Waals surface area contributed by atoms with Gasteiger partial charge in [-0.2, -0.15) is 5.10 Å². The minimum absolute atomic E-state index is 0.175. The van der Waals surface area contributed by atoms with E-state index in [0.29, 0.717) is 12.4 Å². The monoisotopic (exact) mass is 170 g/mol. The molecule has 0 radical (unpaired) electrons. The number of hydrogen-bond donors (Lipinski definition) is 3. The smallest absolute Gasteiger partial charge is 0.330 e. The molecule has 0 saturated carbocycles. The summed E-state index contributed by atoms with van der Waals surface area (Å²) in [4.78, 5) is 13.3. The Morgan fingerprint density at radius 1 is 1.67 bits per heavy atom. The van der Waals surface area contributed by atoms with Gasteiger partial charge in [0, 0.05) is 12.5 Å². The predicted molar refractivity (Wildman–Crippen MR) is 45.9 cm³/mol. The van der Waals surface area contributed by atoms with Gasteiger partial charge in [-0.1, -0.05) is 13.3 Å². The van der Waals surface area contributed by atoms with Crippen LogP contribution in [0.1, 0.15) is 31.5 Å². The van der Waals surface area contributed by atoms with Crippen LogP contribution in [0.15, 0.2) is 4.79 Å². The van der Waals surface area contributed by atoms with Gasteiger partial charge < -0.3 is 5.73 Å². The summed E-state index contributed by atoms with van der Waals surface area (Å²) in [5.41, 5.74) is 5.26. The molecule has 0 fully saturated rings. The van der Waals surface area contributed by atoms with Gasteiger partial charge in [0.1, 0.15) is 5.82 Å². The van der Waals surface area contributed by atoms with E-state index >= 15 is 0 Å². The highest BCUT2D eigenvalue weighted by atomic mass is 16.1. The van der Waals surface area contributed by atoms with Crippen LogP contribution < -0.4 is 11.4 Å². The molecule has 4 N–H and O–H groups in total. The van der Waals surface area contributed by atoms with E-state index in [1.807, 2.05) is 0 Å². The van der Waals surface area contributed by atoms with E-state index in [0.717, 1.165) is 12.8 Å². The summed E-state index contributed by atoms with van der Waals surface area (Å²) >= 11 is 0. The SMILES string of the molecule is CCCC(CN)c1n[nH]c(=O)[nH]1. The molecular formula is C7H14N4O. The lowest BCUT2D eigenvalue weighted by Crippen LogP contribution is -2.14. The number of aromatic amines is 2. The van der Waals surface area contributed by atoms with Crippen LogP contribution in [0.5, 0.6) is 0 Å². The van der Waals surface area contributed by atoms with Gasteiger partial charge in [0.05, 0.1) is 0 Å². The molecule has 12 heavy (non-hydrogen) atoms. The van der Waals surface area contributed by atoms with Crippen LogP contribution in [0.3, 0.4) is 0 Å². The van der Waals surface area contributed by atoms with Crippen molar-refractivity contribution in [1.82, 2.24) is 15.2 Å². The van der Waals surface area contributed by atoms with E-state index in [-0.39, 0.29) is 11.6 Å². The molecule has 1 unspecified atom stereocenters. The number of H-pyrrole nitrogens is 2. The molecular weight excluding hydrogens is 156 g/mol. The van der Waals surface area contributed by atoms with Crippen molar-refractivity contribution in [3.63, 3.8) is 0 Å². The van der Waals surface area contributed by atoms with Gasteiger partial charge >= 0.3 is 5.69 Å². The summed E-state index contributed by atoms with van der Waals surface area (Å²) in [7, 11) is 0. The summed E-state index contributed by atoms with van der Waals surface area (Å²) < 4.78 is 0. The second-order valence-corrected chi connectivity index (χ2v) is 2.78. The first-order valence-corrected chi connectivity index (χ1v) is 4.12. The zero-order chi connectivity index (χ0) is 8.97. The molecule has 68 valence electrons. The molecule has 0 spiro atoms. The van der Waals surface area contributed by atoms with Crippen LogP contribution in [-0.2, 0) is 0 Å². The molecule has 1 aromatic rings. The lowest BCUT2D eigenvalue weighted by molar-refractivity contribution is 0.591. The van der Waals surface area contributed by atoms with E-state index in [9.17, 15) is 4.79 Å². The Hall–Kier alpha value is -1.10. The van der Waals surface area contributed by atoms with E-state index in [1.165, 1.54) is 0 Å². The van der Waals surface area contributed by atoms with Crippen molar-refractivity contribution in [3.05, 3.63) is 16.3 Å². The zero-order valence-electron chi connectivity index (χ0n) is 7.13. The van der Waals surface area contributed by atoms with Crippen LogP contribution in [0.4, 0.5) is 0 Å².